The van der Waals surface area contributed by atoms with Crippen molar-refractivity contribution in [2.24, 2.45) is 0 Å². The Hall–Kier alpha value is -1.78. The molecular weight excluding hydrogens is 292 g/mol. The summed E-state index contributed by atoms with van der Waals surface area (Å²) in [6, 6.07) is 3.49. The van der Waals surface area contributed by atoms with E-state index in [1.54, 1.807) is 6.07 Å². The average molecular weight is 320 g/mol. The van der Waals surface area contributed by atoms with Crippen molar-refractivity contribution in [2.75, 3.05) is 6.54 Å². The largest absolute Gasteiger partial charge is 0.456 e. The zero-order valence-electron chi connectivity index (χ0n) is 14.2. The molecule has 1 heterocycles. The van der Waals surface area contributed by atoms with Crippen LogP contribution in [0.4, 0.5) is 0 Å². The Balaban J connectivity index is 2.08. The van der Waals surface area contributed by atoms with Crippen LogP contribution in [0.3, 0.4) is 0 Å². The predicted octanol–water partition coefficient (Wildman–Crippen LogP) is 3.19. The smallest absolute Gasteiger partial charge is 0.287 e. The Labute approximate surface area is 138 Å². The van der Waals surface area contributed by atoms with Crippen molar-refractivity contribution < 1.29 is 14.0 Å². The first kappa shape index (κ1) is 17.6. The Bertz CT molecular complexity index is 530. The van der Waals surface area contributed by atoms with Crippen molar-refractivity contribution in [3.05, 3.63) is 23.7 Å². The summed E-state index contributed by atoms with van der Waals surface area (Å²) in [7, 11) is 0. The van der Waals surface area contributed by atoms with Crippen LogP contribution >= 0.6 is 0 Å². The first-order valence-corrected chi connectivity index (χ1v) is 8.81. The summed E-state index contributed by atoms with van der Waals surface area (Å²) in [5.41, 5.74) is -0.789. The maximum absolute atomic E-state index is 12.7. The molecule has 1 fully saturated rings. The van der Waals surface area contributed by atoms with Gasteiger partial charge in [-0.15, -0.1) is 0 Å². The molecular formula is C18H28N2O3. The van der Waals surface area contributed by atoms with Gasteiger partial charge in [0, 0.05) is 13.0 Å². The molecule has 0 atom stereocenters. The molecule has 1 aromatic rings. The van der Waals surface area contributed by atoms with Crippen molar-refractivity contribution in [3.63, 3.8) is 0 Å². The van der Waals surface area contributed by atoms with Gasteiger partial charge in [-0.1, -0.05) is 39.5 Å². The number of hydrogen-bond acceptors (Lipinski definition) is 3. The molecule has 2 rings (SSSR count). The zero-order valence-corrected chi connectivity index (χ0v) is 14.2. The second kappa shape index (κ2) is 8.18. The highest BCUT2D eigenvalue weighted by Crippen LogP contribution is 2.29. The van der Waals surface area contributed by atoms with E-state index in [0.29, 0.717) is 19.4 Å². The maximum Gasteiger partial charge on any atom is 0.287 e. The number of carbonyl (C=O) groups is 2. The first-order valence-electron chi connectivity index (χ1n) is 8.81. The van der Waals surface area contributed by atoms with Gasteiger partial charge in [0.1, 0.15) is 11.3 Å². The van der Waals surface area contributed by atoms with Crippen molar-refractivity contribution in [1.29, 1.82) is 0 Å². The van der Waals surface area contributed by atoms with E-state index in [9.17, 15) is 9.59 Å². The molecule has 0 saturated heterocycles. The van der Waals surface area contributed by atoms with E-state index in [-0.39, 0.29) is 17.6 Å². The lowest BCUT2D eigenvalue weighted by molar-refractivity contribution is -0.128. The summed E-state index contributed by atoms with van der Waals surface area (Å²) < 4.78 is 5.52. The van der Waals surface area contributed by atoms with Crippen LogP contribution in [0, 0.1) is 0 Å². The van der Waals surface area contributed by atoms with E-state index < -0.39 is 5.54 Å². The van der Waals surface area contributed by atoms with Crippen molar-refractivity contribution in [1.82, 2.24) is 10.6 Å². The standard InChI is InChI=1S/C18H28N2O3/c1-3-5-13-19-17(22)18(11-7-6-8-12-18)20-16(21)15-10-9-14(4-2)23-15/h9-10H,3-8,11-13H2,1-2H3,(H,19,22)(H,20,21). The fourth-order valence-corrected chi connectivity index (χ4v) is 3.08. The molecule has 1 aromatic heterocycles. The van der Waals surface area contributed by atoms with Gasteiger partial charge < -0.3 is 15.1 Å². The Morgan fingerprint density at radius 2 is 1.91 bits per heavy atom. The maximum atomic E-state index is 12.7. The van der Waals surface area contributed by atoms with Crippen LogP contribution in [-0.2, 0) is 11.2 Å². The lowest BCUT2D eigenvalue weighted by Gasteiger charge is -2.36. The third kappa shape index (κ3) is 4.36. The van der Waals surface area contributed by atoms with Gasteiger partial charge >= 0.3 is 0 Å². The predicted molar refractivity (Wildman–Crippen MR) is 89.3 cm³/mol. The lowest BCUT2D eigenvalue weighted by atomic mass is 9.80. The van der Waals surface area contributed by atoms with E-state index >= 15 is 0 Å². The number of unbranched alkanes of at least 4 members (excludes halogenated alkanes) is 1. The van der Waals surface area contributed by atoms with Crippen molar-refractivity contribution >= 4 is 11.8 Å². The van der Waals surface area contributed by atoms with Gasteiger partial charge in [0.05, 0.1) is 0 Å². The highest BCUT2D eigenvalue weighted by atomic mass is 16.3. The number of carbonyl (C=O) groups excluding carboxylic acids is 2. The van der Waals surface area contributed by atoms with Crippen LogP contribution < -0.4 is 10.6 Å². The van der Waals surface area contributed by atoms with Gasteiger partial charge in [-0.2, -0.15) is 0 Å². The molecule has 0 aliphatic heterocycles. The van der Waals surface area contributed by atoms with Gasteiger partial charge in [0.15, 0.2) is 5.76 Å². The fraction of sp³-hybridized carbons (Fsp3) is 0.667. The second-order valence-electron chi connectivity index (χ2n) is 6.33. The summed E-state index contributed by atoms with van der Waals surface area (Å²) in [5.74, 6) is 0.715. The molecule has 5 nitrogen and oxygen atoms in total. The lowest BCUT2D eigenvalue weighted by Crippen LogP contribution is -2.59. The SMILES string of the molecule is CCCCNC(=O)C1(NC(=O)c2ccc(CC)o2)CCCCC1. The molecule has 0 aromatic carbocycles. The number of furan rings is 1. The van der Waals surface area contributed by atoms with Crippen molar-refractivity contribution in [3.8, 4) is 0 Å². The van der Waals surface area contributed by atoms with Gasteiger partial charge in [0.25, 0.3) is 5.91 Å². The normalized spacial score (nSPS) is 16.8. The average Bonchev–Trinajstić information content (AvgIpc) is 3.05. The van der Waals surface area contributed by atoms with Crippen LogP contribution in [0.15, 0.2) is 16.5 Å². The number of nitrogens with one attached hydrogen (secondary N) is 2. The number of hydrogen-bond donors (Lipinski definition) is 2. The van der Waals surface area contributed by atoms with Crippen LogP contribution in [0.5, 0.6) is 0 Å². The zero-order chi connectivity index (χ0) is 16.7. The van der Waals surface area contributed by atoms with Crippen LogP contribution in [0.25, 0.3) is 0 Å². The molecule has 1 aliphatic carbocycles. The third-order valence-corrected chi connectivity index (χ3v) is 4.54. The Kier molecular flexibility index (Phi) is 6.25. The fourth-order valence-electron chi connectivity index (χ4n) is 3.08. The molecule has 128 valence electrons. The molecule has 0 bridgehead atoms. The van der Waals surface area contributed by atoms with Crippen LogP contribution in [0.1, 0.15) is 75.1 Å². The minimum absolute atomic E-state index is 0.0544. The Morgan fingerprint density at radius 3 is 2.52 bits per heavy atom. The number of amides is 2. The van der Waals surface area contributed by atoms with Gasteiger partial charge in [-0.05, 0) is 31.4 Å². The van der Waals surface area contributed by atoms with E-state index in [0.717, 1.165) is 44.3 Å². The van der Waals surface area contributed by atoms with E-state index in [1.807, 2.05) is 13.0 Å². The molecule has 2 N–H and O–H groups in total. The second-order valence-corrected chi connectivity index (χ2v) is 6.33. The topological polar surface area (TPSA) is 71.3 Å². The van der Waals surface area contributed by atoms with Crippen LogP contribution in [-0.4, -0.2) is 23.9 Å². The summed E-state index contributed by atoms with van der Waals surface area (Å²) >= 11 is 0. The molecule has 2 amide bonds. The quantitative estimate of drug-likeness (QED) is 0.758. The van der Waals surface area contributed by atoms with Crippen LogP contribution in [0.2, 0.25) is 0 Å². The van der Waals surface area contributed by atoms with E-state index in [1.165, 1.54) is 0 Å². The molecule has 1 saturated carbocycles. The molecule has 1 aliphatic rings. The molecule has 5 heteroatoms. The third-order valence-electron chi connectivity index (χ3n) is 4.54. The summed E-state index contributed by atoms with van der Waals surface area (Å²) in [4.78, 5) is 25.2. The van der Waals surface area contributed by atoms with Gasteiger partial charge in [-0.3, -0.25) is 9.59 Å². The number of rotatable bonds is 7. The molecule has 23 heavy (non-hydrogen) atoms. The Morgan fingerprint density at radius 1 is 1.17 bits per heavy atom. The monoisotopic (exact) mass is 320 g/mol. The summed E-state index contributed by atoms with van der Waals surface area (Å²) in [5, 5.41) is 5.95. The molecule has 0 radical (unpaired) electrons. The summed E-state index contributed by atoms with van der Waals surface area (Å²) in [6.45, 7) is 4.73. The van der Waals surface area contributed by atoms with Crippen molar-refractivity contribution in [2.45, 2.75) is 70.8 Å². The first-order chi connectivity index (χ1) is 11.1. The minimum Gasteiger partial charge on any atom is -0.456 e. The minimum atomic E-state index is -0.789. The highest BCUT2D eigenvalue weighted by molar-refractivity contribution is 5.97. The molecule has 0 spiro atoms. The van der Waals surface area contributed by atoms with E-state index in [4.69, 9.17) is 4.42 Å². The number of aryl methyl sites for hydroxylation is 1. The van der Waals surface area contributed by atoms with Gasteiger partial charge in [0.2, 0.25) is 5.91 Å². The molecule has 0 unspecified atom stereocenters. The summed E-state index contributed by atoms with van der Waals surface area (Å²) in [6.07, 6.45) is 7.14. The highest BCUT2D eigenvalue weighted by Gasteiger charge is 2.41. The van der Waals surface area contributed by atoms with Gasteiger partial charge in [-0.25, -0.2) is 0 Å². The van der Waals surface area contributed by atoms with E-state index in [2.05, 4.69) is 17.6 Å².